The van der Waals surface area contributed by atoms with Gasteiger partial charge < -0.3 is 14.8 Å². The summed E-state index contributed by atoms with van der Waals surface area (Å²) >= 11 is 0. The monoisotopic (exact) mass is 371 g/mol. The van der Waals surface area contributed by atoms with Crippen molar-refractivity contribution in [1.82, 2.24) is 9.78 Å². The van der Waals surface area contributed by atoms with Gasteiger partial charge in [-0.3, -0.25) is 4.79 Å². The molecule has 6 nitrogen and oxygen atoms in total. The number of anilines is 1. The van der Waals surface area contributed by atoms with E-state index in [0.717, 1.165) is 12.1 Å². The van der Waals surface area contributed by atoms with Crippen LogP contribution < -0.4 is 10.1 Å². The third kappa shape index (κ3) is 4.98. The molecule has 0 aliphatic carbocycles. The molecule has 0 atom stereocenters. The summed E-state index contributed by atoms with van der Waals surface area (Å²) in [5.41, 5.74) is 0.995. The molecule has 0 saturated carbocycles. The summed E-state index contributed by atoms with van der Waals surface area (Å²) in [4.78, 5) is 11.8. The minimum atomic E-state index is -4.43. The number of nitrogens with zero attached hydrogens (tertiary/aromatic N) is 2. The summed E-state index contributed by atoms with van der Waals surface area (Å²) in [6.07, 6.45) is -4.22. The van der Waals surface area contributed by atoms with E-state index in [1.165, 1.54) is 23.9 Å². The highest BCUT2D eigenvalue weighted by atomic mass is 19.4. The van der Waals surface area contributed by atoms with Crippen LogP contribution in [0.5, 0.6) is 5.75 Å². The van der Waals surface area contributed by atoms with E-state index in [1.54, 1.807) is 13.8 Å². The minimum Gasteiger partial charge on any atom is -0.471 e. The molecule has 2 aromatic rings. The van der Waals surface area contributed by atoms with E-state index in [2.05, 4.69) is 10.4 Å². The average molecular weight is 371 g/mol. The second-order valence-electron chi connectivity index (χ2n) is 5.64. The van der Waals surface area contributed by atoms with Gasteiger partial charge in [-0.25, -0.2) is 4.68 Å². The van der Waals surface area contributed by atoms with Gasteiger partial charge in [0.1, 0.15) is 5.75 Å². The summed E-state index contributed by atoms with van der Waals surface area (Å²) in [6, 6.07) is 4.62. The molecule has 0 unspecified atom stereocenters. The molecular weight excluding hydrogens is 351 g/mol. The highest BCUT2D eigenvalue weighted by Crippen LogP contribution is 2.31. The zero-order valence-corrected chi connectivity index (χ0v) is 14.7. The number of methoxy groups -OCH3 is 1. The first-order valence-corrected chi connectivity index (χ1v) is 7.85. The number of nitrogens with one attached hydrogen (secondary N) is 1. The molecule has 2 rings (SSSR count). The lowest BCUT2D eigenvalue weighted by molar-refractivity contribution is -0.137. The van der Waals surface area contributed by atoms with Crippen molar-refractivity contribution in [2.75, 3.05) is 19.0 Å². The second kappa shape index (κ2) is 8.22. The number of ether oxygens (including phenoxy) is 2. The number of rotatable bonds is 7. The molecule has 0 fully saturated rings. The Morgan fingerprint density at radius 2 is 2.04 bits per heavy atom. The molecule has 0 bridgehead atoms. The van der Waals surface area contributed by atoms with Crippen molar-refractivity contribution in [2.24, 2.45) is 0 Å². The van der Waals surface area contributed by atoms with Gasteiger partial charge in [-0.05, 0) is 32.0 Å². The van der Waals surface area contributed by atoms with Crippen molar-refractivity contribution in [3.8, 4) is 5.75 Å². The fraction of sp³-hybridized carbons (Fsp3) is 0.412. The molecule has 1 heterocycles. The minimum absolute atomic E-state index is 0.0814. The molecule has 0 spiro atoms. The number of hydrogen-bond acceptors (Lipinski definition) is 4. The standard InChI is InChI=1S/C17H20F3N3O3/c1-11-16(21-15(24)7-8-25-3)12(2)23(22-11)10-26-14-6-4-5-13(9-14)17(18,19)20/h4-6,9H,7-8,10H2,1-3H3,(H,21,24). The zero-order chi connectivity index (χ0) is 19.3. The van der Waals surface area contributed by atoms with Crippen molar-refractivity contribution in [2.45, 2.75) is 33.2 Å². The van der Waals surface area contributed by atoms with Crippen molar-refractivity contribution in [3.05, 3.63) is 41.2 Å². The van der Waals surface area contributed by atoms with Gasteiger partial charge in [0.15, 0.2) is 6.73 Å². The fourth-order valence-corrected chi connectivity index (χ4v) is 2.30. The molecule has 0 aliphatic rings. The largest absolute Gasteiger partial charge is 0.471 e. The number of benzene rings is 1. The quantitative estimate of drug-likeness (QED) is 0.809. The third-order valence-corrected chi connectivity index (χ3v) is 3.69. The number of alkyl halides is 3. The van der Waals surface area contributed by atoms with E-state index in [0.29, 0.717) is 23.7 Å². The van der Waals surface area contributed by atoms with Crippen molar-refractivity contribution < 1.29 is 27.4 Å². The molecule has 9 heteroatoms. The first-order valence-electron chi connectivity index (χ1n) is 7.85. The van der Waals surface area contributed by atoms with Crippen LogP contribution in [0.1, 0.15) is 23.4 Å². The lowest BCUT2D eigenvalue weighted by Gasteiger charge is -2.11. The normalized spacial score (nSPS) is 11.5. The summed E-state index contributed by atoms with van der Waals surface area (Å²) in [7, 11) is 1.51. The number of carbonyl (C=O) groups excluding carboxylic acids is 1. The summed E-state index contributed by atoms with van der Waals surface area (Å²) in [6.45, 7) is 3.68. The maximum Gasteiger partial charge on any atom is 0.416 e. The maximum absolute atomic E-state index is 12.7. The third-order valence-electron chi connectivity index (χ3n) is 3.69. The highest BCUT2D eigenvalue weighted by Gasteiger charge is 2.30. The van der Waals surface area contributed by atoms with Gasteiger partial charge >= 0.3 is 6.18 Å². The van der Waals surface area contributed by atoms with E-state index < -0.39 is 11.7 Å². The molecule has 1 N–H and O–H groups in total. The Kier molecular flexibility index (Phi) is 6.25. The summed E-state index contributed by atoms with van der Waals surface area (Å²) in [5.74, 6) is -0.130. The molecule has 1 aromatic carbocycles. The lowest BCUT2D eigenvalue weighted by Crippen LogP contribution is -2.15. The fourth-order valence-electron chi connectivity index (χ4n) is 2.30. The average Bonchev–Trinajstić information content (AvgIpc) is 2.85. The molecule has 1 amide bonds. The SMILES string of the molecule is COCCC(=O)Nc1c(C)nn(COc2cccc(C(F)(F)F)c2)c1C. The number of carbonyl (C=O) groups is 1. The van der Waals surface area contributed by atoms with E-state index in [9.17, 15) is 18.0 Å². The number of amides is 1. The van der Waals surface area contributed by atoms with E-state index in [-0.39, 0.29) is 24.8 Å². The van der Waals surface area contributed by atoms with Gasteiger partial charge in [-0.1, -0.05) is 6.07 Å². The number of aromatic nitrogens is 2. The predicted molar refractivity (Wildman–Crippen MR) is 88.9 cm³/mol. The number of halogens is 3. The van der Waals surface area contributed by atoms with Crippen LogP contribution in [-0.4, -0.2) is 29.4 Å². The van der Waals surface area contributed by atoms with Crippen molar-refractivity contribution in [3.63, 3.8) is 0 Å². The van der Waals surface area contributed by atoms with Crippen LogP contribution in [0.3, 0.4) is 0 Å². The first kappa shape index (κ1) is 19.8. The number of hydrogen-bond donors (Lipinski definition) is 1. The van der Waals surface area contributed by atoms with E-state index in [1.807, 2.05) is 0 Å². The Balaban J connectivity index is 2.07. The van der Waals surface area contributed by atoms with Gasteiger partial charge in [0.25, 0.3) is 0 Å². The molecular formula is C17H20F3N3O3. The van der Waals surface area contributed by atoms with Crippen LogP contribution >= 0.6 is 0 Å². The number of aryl methyl sites for hydroxylation is 1. The Bertz CT molecular complexity index is 772. The van der Waals surface area contributed by atoms with Crippen LogP contribution in [0.25, 0.3) is 0 Å². The first-order chi connectivity index (χ1) is 12.2. The predicted octanol–water partition coefficient (Wildman–Crippen LogP) is 3.53. The second-order valence-corrected chi connectivity index (χ2v) is 5.64. The van der Waals surface area contributed by atoms with Gasteiger partial charge in [-0.2, -0.15) is 18.3 Å². The van der Waals surface area contributed by atoms with E-state index in [4.69, 9.17) is 9.47 Å². The van der Waals surface area contributed by atoms with Crippen LogP contribution in [0.4, 0.5) is 18.9 Å². The molecule has 0 saturated heterocycles. The summed E-state index contributed by atoms with van der Waals surface area (Å²) < 4.78 is 50.0. The Labute approximate surface area is 148 Å². The van der Waals surface area contributed by atoms with Crippen LogP contribution in [0.2, 0.25) is 0 Å². The Morgan fingerprint density at radius 3 is 2.69 bits per heavy atom. The maximum atomic E-state index is 12.7. The van der Waals surface area contributed by atoms with E-state index >= 15 is 0 Å². The Morgan fingerprint density at radius 1 is 1.31 bits per heavy atom. The highest BCUT2D eigenvalue weighted by molar-refractivity contribution is 5.91. The van der Waals surface area contributed by atoms with Gasteiger partial charge in [0.05, 0.1) is 35.7 Å². The summed E-state index contributed by atoms with van der Waals surface area (Å²) in [5, 5.41) is 7.01. The Hall–Kier alpha value is -2.55. The van der Waals surface area contributed by atoms with Crippen LogP contribution in [0.15, 0.2) is 24.3 Å². The lowest BCUT2D eigenvalue weighted by atomic mass is 10.2. The molecule has 0 radical (unpaired) electrons. The van der Waals surface area contributed by atoms with Gasteiger partial charge in [0, 0.05) is 7.11 Å². The molecule has 1 aromatic heterocycles. The zero-order valence-electron chi connectivity index (χ0n) is 14.7. The molecule has 0 aliphatic heterocycles. The smallest absolute Gasteiger partial charge is 0.416 e. The van der Waals surface area contributed by atoms with Crippen LogP contribution in [0, 0.1) is 13.8 Å². The van der Waals surface area contributed by atoms with Crippen LogP contribution in [-0.2, 0) is 22.4 Å². The van der Waals surface area contributed by atoms with Gasteiger partial charge in [0.2, 0.25) is 5.91 Å². The topological polar surface area (TPSA) is 65.4 Å². The van der Waals surface area contributed by atoms with Gasteiger partial charge in [-0.15, -0.1) is 0 Å². The molecule has 26 heavy (non-hydrogen) atoms. The van der Waals surface area contributed by atoms with Crippen molar-refractivity contribution >= 4 is 11.6 Å². The van der Waals surface area contributed by atoms with Crippen molar-refractivity contribution in [1.29, 1.82) is 0 Å². The molecule has 142 valence electrons.